The first-order valence-corrected chi connectivity index (χ1v) is 12.5. The van der Waals surface area contributed by atoms with Crippen LogP contribution >= 0.6 is 11.3 Å². The van der Waals surface area contributed by atoms with Crippen molar-refractivity contribution in [2.75, 3.05) is 50.9 Å². The lowest BCUT2D eigenvalue weighted by molar-refractivity contribution is 0.0376. The zero-order valence-corrected chi connectivity index (χ0v) is 20.1. The molecule has 2 heterocycles. The van der Waals surface area contributed by atoms with Crippen molar-refractivity contribution in [2.24, 2.45) is 0 Å². The zero-order chi connectivity index (χ0) is 23.9. The highest BCUT2D eigenvalue weighted by Crippen LogP contribution is 2.32. The Labute approximate surface area is 202 Å². The number of nitrogens with zero attached hydrogens (tertiary/aromatic N) is 3. The van der Waals surface area contributed by atoms with E-state index in [0.717, 1.165) is 49.9 Å². The normalized spacial score (nSPS) is 14.4. The van der Waals surface area contributed by atoms with E-state index in [1.54, 1.807) is 23.1 Å². The van der Waals surface area contributed by atoms with Crippen molar-refractivity contribution in [3.8, 4) is 5.75 Å². The fourth-order valence-electron chi connectivity index (χ4n) is 3.83. The number of morpholine rings is 1. The third-order valence-electron chi connectivity index (χ3n) is 5.69. The van der Waals surface area contributed by atoms with Crippen LogP contribution in [0.2, 0.25) is 0 Å². The largest absolute Gasteiger partial charge is 0.494 e. The van der Waals surface area contributed by atoms with Crippen LogP contribution in [0.15, 0.2) is 36.4 Å². The number of ether oxygens (including phenoxy) is 2. The summed E-state index contributed by atoms with van der Waals surface area (Å²) >= 11 is 1.11. The summed E-state index contributed by atoms with van der Waals surface area (Å²) in [5, 5.41) is 0.351. The number of rotatable bonds is 10. The smallest absolute Gasteiger partial charge is 0.260 e. The molecule has 0 aliphatic carbocycles. The van der Waals surface area contributed by atoms with Gasteiger partial charge in [-0.05, 0) is 37.1 Å². The number of aromatic nitrogens is 1. The fraction of sp³-hybridized carbons (Fsp3) is 0.440. The highest BCUT2D eigenvalue weighted by atomic mass is 32.1. The topological polar surface area (TPSA) is 54.9 Å². The molecule has 1 saturated heterocycles. The molecular formula is C25H29F2N3O3S. The van der Waals surface area contributed by atoms with Gasteiger partial charge in [0, 0.05) is 37.8 Å². The molecule has 1 aromatic heterocycles. The molecule has 0 spiro atoms. The minimum Gasteiger partial charge on any atom is -0.494 e. The number of hydrogen-bond donors (Lipinski definition) is 0. The first-order valence-electron chi connectivity index (χ1n) is 11.7. The van der Waals surface area contributed by atoms with Gasteiger partial charge in [-0.3, -0.25) is 14.6 Å². The fourth-order valence-corrected chi connectivity index (χ4v) is 4.86. The van der Waals surface area contributed by atoms with E-state index in [9.17, 15) is 13.6 Å². The van der Waals surface area contributed by atoms with Gasteiger partial charge < -0.3 is 9.47 Å². The van der Waals surface area contributed by atoms with E-state index in [2.05, 4.69) is 16.8 Å². The molecule has 182 valence electrons. The molecule has 6 nitrogen and oxygen atoms in total. The molecule has 0 unspecified atom stereocenters. The first-order chi connectivity index (χ1) is 16.5. The molecule has 1 fully saturated rings. The lowest BCUT2D eigenvalue weighted by Gasteiger charge is -2.27. The number of hydrogen-bond acceptors (Lipinski definition) is 6. The van der Waals surface area contributed by atoms with E-state index in [0.29, 0.717) is 53.9 Å². The summed E-state index contributed by atoms with van der Waals surface area (Å²) in [5.74, 6) is -1.01. The van der Waals surface area contributed by atoms with Crippen LogP contribution in [0.1, 0.15) is 36.5 Å². The second kappa shape index (κ2) is 11.7. The van der Waals surface area contributed by atoms with Crippen LogP contribution in [0, 0.1) is 11.6 Å². The standard InChI is InChI=1S/C25H29F2N3O3S/c1-2-3-12-33-20-7-4-6-18(15-20)24(31)30(9-5-8-29-10-13-32-14-11-29)25-28-23-21(27)16-19(26)17-22(23)34-25/h4,6-7,15-17H,2-3,5,8-14H2,1H3. The molecule has 9 heteroatoms. The Bertz CT molecular complexity index is 1120. The molecule has 0 radical (unpaired) electrons. The average Bonchev–Trinajstić information content (AvgIpc) is 3.26. The van der Waals surface area contributed by atoms with Crippen molar-refractivity contribution in [3.05, 3.63) is 53.6 Å². The van der Waals surface area contributed by atoms with Crippen molar-refractivity contribution >= 4 is 32.6 Å². The highest BCUT2D eigenvalue weighted by molar-refractivity contribution is 7.22. The Balaban J connectivity index is 1.57. The quantitative estimate of drug-likeness (QED) is 0.370. The number of carbonyl (C=O) groups is 1. The summed E-state index contributed by atoms with van der Waals surface area (Å²) in [6, 6.07) is 9.13. The maximum absolute atomic E-state index is 14.3. The Kier molecular flexibility index (Phi) is 8.42. The average molecular weight is 490 g/mol. The van der Waals surface area contributed by atoms with Gasteiger partial charge in [-0.25, -0.2) is 13.8 Å². The van der Waals surface area contributed by atoms with Crippen LogP contribution in [0.25, 0.3) is 10.2 Å². The summed E-state index contributed by atoms with van der Waals surface area (Å²) in [6.07, 6.45) is 2.66. The van der Waals surface area contributed by atoms with Crippen molar-refractivity contribution in [2.45, 2.75) is 26.2 Å². The molecule has 1 aliphatic rings. The molecule has 1 amide bonds. The summed E-state index contributed by atoms with van der Waals surface area (Å²) in [4.78, 5) is 21.8. The summed E-state index contributed by atoms with van der Waals surface area (Å²) in [7, 11) is 0. The van der Waals surface area contributed by atoms with Gasteiger partial charge in [0.25, 0.3) is 5.91 Å². The summed E-state index contributed by atoms with van der Waals surface area (Å²) in [5.41, 5.74) is 0.537. The Morgan fingerprint density at radius 1 is 1.21 bits per heavy atom. The van der Waals surface area contributed by atoms with Gasteiger partial charge in [0.05, 0.1) is 24.5 Å². The number of anilines is 1. The maximum atomic E-state index is 14.3. The van der Waals surface area contributed by atoms with E-state index in [1.165, 1.54) is 6.07 Å². The highest BCUT2D eigenvalue weighted by Gasteiger charge is 2.23. The molecule has 0 saturated carbocycles. The number of carbonyl (C=O) groups excluding carboxylic acids is 1. The number of thiazole rings is 1. The molecule has 0 bridgehead atoms. The Morgan fingerprint density at radius 2 is 2.03 bits per heavy atom. The number of fused-ring (bicyclic) bond motifs is 1. The molecule has 34 heavy (non-hydrogen) atoms. The van der Waals surface area contributed by atoms with Crippen molar-refractivity contribution < 1.29 is 23.0 Å². The van der Waals surface area contributed by atoms with Gasteiger partial charge in [-0.2, -0.15) is 0 Å². The molecule has 3 aromatic rings. The van der Waals surface area contributed by atoms with E-state index >= 15 is 0 Å². The number of halogens is 2. The van der Waals surface area contributed by atoms with Gasteiger partial charge >= 0.3 is 0 Å². The van der Waals surface area contributed by atoms with E-state index < -0.39 is 11.6 Å². The van der Waals surface area contributed by atoms with E-state index in [-0.39, 0.29) is 11.4 Å². The maximum Gasteiger partial charge on any atom is 0.260 e. The van der Waals surface area contributed by atoms with Crippen LogP contribution in [0.4, 0.5) is 13.9 Å². The van der Waals surface area contributed by atoms with Gasteiger partial charge in [0.2, 0.25) is 0 Å². The first kappa shape index (κ1) is 24.5. The second-order valence-electron chi connectivity index (χ2n) is 8.22. The minimum absolute atomic E-state index is 0.0732. The monoisotopic (exact) mass is 489 g/mol. The van der Waals surface area contributed by atoms with Crippen LogP contribution < -0.4 is 9.64 Å². The third-order valence-corrected chi connectivity index (χ3v) is 6.71. The summed E-state index contributed by atoms with van der Waals surface area (Å²) < 4.78 is 39.6. The number of benzene rings is 2. The van der Waals surface area contributed by atoms with Crippen LogP contribution in [0.3, 0.4) is 0 Å². The van der Waals surface area contributed by atoms with Crippen molar-refractivity contribution in [1.29, 1.82) is 0 Å². The summed E-state index contributed by atoms with van der Waals surface area (Å²) in [6.45, 7) is 7.01. The molecule has 1 aliphatic heterocycles. The van der Waals surface area contributed by atoms with Gasteiger partial charge in [0.1, 0.15) is 17.1 Å². The number of unbranched alkanes of at least 4 members (excludes halogenated alkanes) is 1. The lowest BCUT2D eigenvalue weighted by Crippen LogP contribution is -2.39. The van der Waals surface area contributed by atoms with Gasteiger partial charge in [0.15, 0.2) is 10.9 Å². The molecule has 0 N–H and O–H groups in total. The third kappa shape index (κ3) is 6.08. The molecule has 0 atom stereocenters. The van der Waals surface area contributed by atoms with Crippen molar-refractivity contribution in [3.63, 3.8) is 0 Å². The van der Waals surface area contributed by atoms with Gasteiger partial charge in [-0.15, -0.1) is 0 Å². The number of amides is 1. The predicted molar refractivity (Wildman–Crippen MR) is 130 cm³/mol. The SMILES string of the molecule is CCCCOc1cccc(C(=O)N(CCCN2CCOCC2)c2nc3c(F)cc(F)cc3s2)c1. The zero-order valence-electron chi connectivity index (χ0n) is 19.3. The molecule has 4 rings (SSSR count). The molecular weight excluding hydrogens is 460 g/mol. The van der Waals surface area contributed by atoms with Gasteiger partial charge in [-0.1, -0.05) is 30.7 Å². The lowest BCUT2D eigenvalue weighted by atomic mass is 10.2. The second-order valence-corrected chi connectivity index (χ2v) is 9.23. The van der Waals surface area contributed by atoms with Crippen LogP contribution in [-0.4, -0.2) is 61.8 Å². The Hall–Kier alpha value is -2.62. The van der Waals surface area contributed by atoms with Crippen molar-refractivity contribution in [1.82, 2.24) is 9.88 Å². The molecule has 2 aromatic carbocycles. The van der Waals surface area contributed by atoms with Crippen LogP contribution in [-0.2, 0) is 4.74 Å². The Morgan fingerprint density at radius 3 is 2.82 bits per heavy atom. The van der Waals surface area contributed by atoms with Crippen LogP contribution in [0.5, 0.6) is 5.75 Å². The van der Waals surface area contributed by atoms with E-state index in [4.69, 9.17) is 9.47 Å². The predicted octanol–water partition coefficient (Wildman–Crippen LogP) is 5.12. The minimum atomic E-state index is -0.732. The van der Waals surface area contributed by atoms with E-state index in [1.807, 2.05) is 6.07 Å².